The Labute approximate surface area is 243 Å². The Morgan fingerprint density at radius 1 is 1.02 bits per heavy atom. The summed E-state index contributed by atoms with van der Waals surface area (Å²) < 4.78 is 45.4. The van der Waals surface area contributed by atoms with E-state index < -0.39 is 30.0 Å². The third-order valence-electron chi connectivity index (χ3n) is 7.99. The van der Waals surface area contributed by atoms with E-state index in [2.05, 4.69) is 17.1 Å². The van der Waals surface area contributed by atoms with E-state index in [0.717, 1.165) is 37.2 Å². The van der Waals surface area contributed by atoms with Gasteiger partial charge in [-0.1, -0.05) is 54.1 Å². The van der Waals surface area contributed by atoms with Gasteiger partial charge in [0.15, 0.2) is 0 Å². The normalized spacial score (nSPS) is 21.5. The number of carbonyl (C=O) groups is 3. The van der Waals surface area contributed by atoms with Crippen molar-refractivity contribution in [1.82, 2.24) is 19.6 Å². The van der Waals surface area contributed by atoms with Crippen LogP contribution in [0.25, 0.3) is 0 Å². The summed E-state index contributed by atoms with van der Waals surface area (Å²) in [5.41, 5.74) is 0.742. The molecule has 3 aliphatic heterocycles. The average Bonchev–Trinajstić information content (AvgIpc) is 2.96. The minimum atomic E-state index is -4.52. The maximum atomic E-state index is 13.8. The van der Waals surface area contributed by atoms with Crippen molar-refractivity contribution in [2.45, 2.75) is 57.7 Å². The highest BCUT2D eigenvalue weighted by Crippen LogP contribution is 2.32. The van der Waals surface area contributed by atoms with Crippen LogP contribution < -0.4 is 0 Å². The van der Waals surface area contributed by atoms with Crippen LogP contribution in [-0.4, -0.2) is 82.4 Å². The molecular formula is C31H35F3N4O4. The Kier molecular flexibility index (Phi) is 8.86. The molecule has 2 fully saturated rings. The second-order valence-electron chi connectivity index (χ2n) is 11.1. The molecule has 11 heteroatoms. The lowest BCUT2D eigenvalue weighted by atomic mass is 10.00. The van der Waals surface area contributed by atoms with Gasteiger partial charge in [0.25, 0.3) is 0 Å². The number of halogens is 3. The lowest BCUT2D eigenvalue weighted by Gasteiger charge is -2.52. The van der Waals surface area contributed by atoms with Gasteiger partial charge < -0.3 is 14.5 Å². The monoisotopic (exact) mass is 584 g/mol. The number of alkyl halides is 3. The highest BCUT2D eigenvalue weighted by atomic mass is 19.4. The summed E-state index contributed by atoms with van der Waals surface area (Å²) in [5.74, 6) is -0.362. The molecule has 0 saturated carbocycles. The van der Waals surface area contributed by atoms with Gasteiger partial charge in [0, 0.05) is 39.1 Å². The first kappa shape index (κ1) is 29.6. The van der Waals surface area contributed by atoms with Gasteiger partial charge in [0.2, 0.25) is 11.8 Å². The van der Waals surface area contributed by atoms with Crippen molar-refractivity contribution >= 4 is 17.9 Å². The molecule has 3 aliphatic rings. The number of benzene rings is 2. The molecule has 2 aromatic rings. The number of hydrogen-bond donors (Lipinski definition) is 0. The quantitative estimate of drug-likeness (QED) is 0.446. The highest BCUT2D eigenvalue weighted by Gasteiger charge is 2.49. The number of rotatable bonds is 7. The summed E-state index contributed by atoms with van der Waals surface area (Å²) in [6.07, 6.45) is -0.402. The predicted octanol–water partition coefficient (Wildman–Crippen LogP) is 4.57. The number of amides is 3. The highest BCUT2D eigenvalue weighted by molar-refractivity contribution is 5.90. The van der Waals surface area contributed by atoms with E-state index in [-0.39, 0.29) is 43.5 Å². The van der Waals surface area contributed by atoms with E-state index >= 15 is 0 Å². The van der Waals surface area contributed by atoms with Gasteiger partial charge in [-0.25, -0.2) is 4.79 Å². The molecule has 0 aromatic heterocycles. The summed E-state index contributed by atoms with van der Waals surface area (Å²) in [4.78, 5) is 47.3. The molecule has 2 atom stereocenters. The van der Waals surface area contributed by atoms with Crippen molar-refractivity contribution in [1.29, 1.82) is 0 Å². The maximum Gasteiger partial charge on any atom is 0.416 e. The molecule has 0 aliphatic carbocycles. The molecular weight excluding hydrogens is 549 g/mol. The molecule has 8 nitrogen and oxygen atoms in total. The number of aryl methyl sites for hydroxylation is 1. The van der Waals surface area contributed by atoms with Crippen LogP contribution in [0, 0.1) is 6.92 Å². The second kappa shape index (κ2) is 12.6. The number of fused-ring (bicyclic) bond motifs is 1. The van der Waals surface area contributed by atoms with Crippen LogP contribution in [0.3, 0.4) is 0 Å². The summed E-state index contributed by atoms with van der Waals surface area (Å²) in [6, 6.07) is 12.3. The third-order valence-corrected chi connectivity index (χ3v) is 7.99. The second-order valence-corrected chi connectivity index (χ2v) is 11.1. The molecule has 42 heavy (non-hydrogen) atoms. The Balaban J connectivity index is 1.36. The van der Waals surface area contributed by atoms with Crippen LogP contribution in [0.4, 0.5) is 18.0 Å². The molecule has 0 radical (unpaired) electrons. The van der Waals surface area contributed by atoms with Crippen molar-refractivity contribution in [2.24, 2.45) is 0 Å². The van der Waals surface area contributed by atoms with Crippen LogP contribution in [0.5, 0.6) is 0 Å². The van der Waals surface area contributed by atoms with Gasteiger partial charge >= 0.3 is 12.3 Å². The smallest absolute Gasteiger partial charge is 0.416 e. The van der Waals surface area contributed by atoms with Gasteiger partial charge in [0.05, 0.1) is 12.1 Å². The SMILES string of the molecule is Cc1cc(COC(=O)N2CCC(=O)N3[C@@H]2CN(Cc2ccccc2)C(=O)[C@@H]3CCN2CC=CCC2)cc(C(F)(F)F)c1. The molecule has 0 bridgehead atoms. The van der Waals surface area contributed by atoms with Crippen molar-refractivity contribution in [2.75, 3.05) is 32.7 Å². The molecule has 224 valence electrons. The van der Waals surface area contributed by atoms with Crippen LogP contribution in [-0.2, 0) is 33.7 Å². The summed E-state index contributed by atoms with van der Waals surface area (Å²) in [6.45, 7) is 4.01. The van der Waals surface area contributed by atoms with E-state index in [1.54, 1.807) is 17.9 Å². The van der Waals surface area contributed by atoms with E-state index in [1.807, 2.05) is 30.3 Å². The predicted molar refractivity (Wildman–Crippen MR) is 149 cm³/mol. The molecule has 0 N–H and O–H groups in total. The molecule has 2 aromatic carbocycles. The summed E-state index contributed by atoms with van der Waals surface area (Å²) in [7, 11) is 0. The standard InChI is InChI=1S/C31H35F3N4O4/c1-22-16-24(18-25(17-22)31(32,33)34)21-42-30(41)37-15-11-28(39)38-26(10-14-35-12-6-3-7-13-35)29(40)36(20-27(37)38)19-23-8-4-2-5-9-23/h2-6,8-9,16-18,26-27H,7,10-15,19-21H2,1H3/t26-,27+/m0/s1. The Hall–Kier alpha value is -3.86. The number of ether oxygens (including phenoxy) is 1. The fraction of sp³-hybridized carbons (Fsp3) is 0.452. The zero-order chi connectivity index (χ0) is 29.9. The lowest BCUT2D eigenvalue weighted by Crippen LogP contribution is -2.71. The fourth-order valence-corrected chi connectivity index (χ4v) is 5.95. The van der Waals surface area contributed by atoms with Gasteiger partial charge in [-0.3, -0.25) is 19.4 Å². The average molecular weight is 585 g/mol. The number of piperazine rings is 1. The summed E-state index contributed by atoms with van der Waals surface area (Å²) >= 11 is 0. The lowest BCUT2D eigenvalue weighted by molar-refractivity contribution is -0.169. The first-order valence-electron chi connectivity index (χ1n) is 14.2. The van der Waals surface area contributed by atoms with Crippen LogP contribution in [0.15, 0.2) is 60.7 Å². The van der Waals surface area contributed by atoms with Crippen LogP contribution in [0.2, 0.25) is 0 Å². The molecule has 0 unspecified atom stereocenters. The molecule has 3 heterocycles. The number of carbonyl (C=O) groups excluding carboxylic acids is 3. The first-order valence-corrected chi connectivity index (χ1v) is 14.2. The van der Waals surface area contributed by atoms with Crippen LogP contribution in [0.1, 0.15) is 41.5 Å². The van der Waals surface area contributed by atoms with Gasteiger partial charge in [-0.05, 0) is 43.0 Å². The van der Waals surface area contributed by atoms with E-state index in [4.69, 9.17) is 4.74 Å². The van der Waals surface area contributed by atoms with E-state index in [0.29, 0.717) is 25.1 Å². The topological polar surface area (TPSA) is 73.4 Å². The van der Waals surface area contributed by atoms with Crippen molar-refractivity contribution in [3.05, 3.63) is 82.9 Å². The van der Waals surface area contributed by atoms with Crippen molar-refractivity contribution in [3.8, 4) is 0 Å². The largest absolute Gasteiger partial charge is 0.444 e. The fourth-order valence-electron chi connectivity index (χ4n) is 5.95. The van der Waals surface area contributed by atoms with Gasteiger partial charge in [-0.15, -0.1) is 0 Å². The molecule has 3 amide bonds. The zero-order valence-corrected chi connectivity index (χ0v) is 23.6. The zero-order valence-electron chi connectivity index (χ0n) is 23.6. The molecule has 2 saturated heterocycles. The first-order chi connectivity index (χ1) is 20.1. The van der Waals surface area contributed by atoms with Gasteiger partial charge in [-0.2, -0.15) is 13.2 Å². The maximum absolute atomic E-state index is 13.8. The Morgan fingerprint density at radius 3 is 2.52 bits per heavy atom. The number of hydrogen-bond acceptors (Lipinski definition) is 5. The van der Waals surface area contributed by atoms with Gasteiger partial charge in [0.1, 0.15) is 18.8 Å². The Bertz CT molecular complexity index is 1330. The molecule has 5 rings (SSSR count). The minimum Gasteiger partial charge on any atom is -0.444 e. The van der Waals surface area contributed by atoms with Crippen LogP contribution >= 0.6 is 0 Å². The van der Waals surface area contributed by atoms with Crippen molar-refractivity contribution in [3.63, 3.8) is 0 Å². The van der Waals surface area contributed by atoms with E-state index in [1.165, 1.54) is 9.80 Å². The van der Waals surface area contributed by atoms with Crippen molar-refractivity contribution < 1.29 is 32.3 Å². The number of nitrogens with zero attached hydrogens (tertiary/aromatic N) is 4. The molecule has 0 spiro atoms. The third kappa shape index (κ3) is 6.78. The minimum absolute atomic E-state index is 0.0309. The van der Waals surface area contributed by atoms with E-state index in [9.17, 15) is 27.6 Å². The summed E-state index contributed by atoms with van der Waals surface area (Å²) in [5, 5.41) is 0. The Morgan fingerprint density at radius 2 is 1.81 bits per heavy atom.